The lowest BCUT2D eigenvalue weighted by Gasteiger charge is -1.90. The zero-order valence-corrected chi connectivity index (χ0v) is 6.26. The lowest BCUT2D eigenvalue weighted by molar-refractivity contribution is -0.117. The summed E-state index contributed by atoms with van der Waals surface area (Å²) < 4.78 is 0. The van der Waals surface area contributed by atoms with E-state index >= 15 is 0 Å². The van der Waals surface area contributed by atoms with Crippen molar-refractivity contribution in [1.82, 2.24) is 0 Å². The molecule has 0 saturated carbocycles. The van der Waals surface area contributed by atoms with E-state index in [2.05, 4.69) is 6.58 Å². The summed E-state index contributed by atoms with van der Waals surface area (Å²) in [6, 6.07) is 0. The minimum Gasteiger partial charge on any atom is -0.370 e. The van der Waals surface area contributed by atoms with Gasteiger partial charge in [-0.1, -0.05) is 24.3 Å². The van der Waals surface area contributed by atoms with E-state index < -0.39 is 0 Å². The van der Waals surface area contributed by atoms with Gasteiger partial charge in [-0.25, -0.2) is 0 Å². The molecule has 1 amide bonds. The van der Waals surface area contributed by atoms with Gasteiger partial charge in [0.15, 0.2) is 0 Å². The molecule has 56 valence electrons. The van der Waals surface area contributed by atoms with Crippen molar-refractivity contribution in [1.29, 1.82) is 0 Å². The molecule has 0 aromatic rings. The van der Waals surface area contributed by atoms with E-state index in [4.69, 9.17) is 5.73 Å². The minimum atomic E-state index is -0.256. The molecule has 0 aliphatic heterocycles. The maximum Gasteiger partial charge on any atom is 0.217 e. The number of allylic oxidation sites excluding steroid dienone is 3. The Morgan fingerprint density at radius 2 is 2.30 bits per heavy atom. The standard InChI is InChI=1S/C8H13NO/c1-3-7(2)5-4-6-8(9)10/h3,5H,1,4,6H2,2H3,(H2,9,10)/b7-5-. The number of primary amides is 1. The van der Waals surface area contributed by atoms with Gasteiger partial charge in [-0.05, 0) is 13.3 Å². The largest absolute Gasteiger partial charge is 0.370 e. The second-order valence-corrected chi connectivity index (χ2v) is 2.16. The molecule has 0 aliphatic rings. The van der Waals surface area contributed by atoms with Crippen LogP contribution in [0.25, 0.3) is 0 Å². The van der Waals surface area contributed by atoms with E-state index in [1.54, 1.807) is 6.08 Å². The van der Waals surface area contributed by atoms with E-state index in [1.165, 1.54) is 0 Å². The van der Waals surface area contributed by atoms with Gasteiger partial charge in [-0.3, -0.25) is 4.79 Å². The molecule has 0 aromatic heterocycles. The first-order valence-electron chi connectivity index (χ1n) is 3.24. The lowest BCUT2D eigenvalue weighted by atomic mass is 10.2. The van der Waals surface area contributed by atoms with Crippen molar-refractivity contribution in [2.24, 2.45) is 5.73 Å². The van der Waals surface area contributed by atoms with E-state index in [1.807, 2.05) is 13.0 Å². The first-order chi connectivity index (χ1) is 4.66. The molecular weight excluding hydrogens is 126 g/mol. The summed E-state index contributed by atoms with van der Waals surface area (Å²) >= 11 is 0. The lowest BCUT2D eigenvalue weighted by Crippen LogP contribution is -2.08. The van der Waals surface area contributed by atoms with Gasteiger partial charge in [-0.2, -0.15) is 0 Å². The molecule has 0 unspecified atom stereocenters. The molecule has 0 spiro atoms. The van der Waals surface area contributed by atoms with Crippen molar-refractivity contribution in [2.45, 2.75) is 19.8 Å². The third-order valence-corrected chi connectivity index (χ3v) is 1.18. The Balaban J connectivity index is 3.52. The van der Waals surface area contributed by atoms with Gasteiger partial charge in [0.05, 0.1) is 0 Å². The molecule has 0 aliphatic carbocycles. The number of carbonyl (C=O) groups excluding carboxylic acids is 1. The second kappa shape index (κ2) is 4.79. The highest BCUT2D eigenvalue weighted by Crippen LogP contribution is 1.97. The van der Waals surface area contributed by atoms with Gasteiger partial charge in [-0.15, -0.1) is 0 Å². The van der Waals surface area contributed by atoms with Crippen LogP contribution < -0.4 is 5.73 Å². The van der Waals surface area contributed by atoms with Crippen LogP contribution in [0, 0.1) is 0 Å². The van der Waals surface area contributed by atoms with Crippen molar-refractivity contribution < 1.29 is 4.79 Å². The summed E-state index contributed by atoms with van der Waals surface area (Å²) in [4.78, 5) is 10.2. The van der Waals surface area contributed by atoms with E-state index in [0.717, 1.165) is 5.57 Å². The highest BCUT2D eigenvalue weighted by atomic mass is 16.1. The molecule has 0 heterocycles. The second-order valence-electron chi connectivity index (χ2n) is 2.16. The van der Waals surface area contributed by atoms with E-state index in [0.29, 0.717) is 12.8 Å². The fourth-order valence-corrected chi connectivity index (χ4v) is 0.525. The van der Waals surface area contributed by atoms with Crippen LogP contribution in [0.2, 0.25) is 0 Å². The third-order valence-electron chi connectivity index (χ3n) is 1.18. The van der Waals surface area contributed by atoms with Gasteiger partial charge in [0, 0.05) is 6.42 Å². The molecular formula is C8H13NO. The monoisotopic (exact) mass is 139 g/mol. The van der Waals surface area contributed by atoms with Gasteiger partial charge in [0.1, 0.15) is 0 Å². The topological polar surface area (TPSA) is 43.1 Å². The highest BCUT2D eigenvalue weighted by molar-refractivity contribution is 5.73. The van der Waals surface area contributed by atoms with Crippen LogP contribution in [0.15, 0.2) is 24.3 Å². The highest BCUT2D eigenvalue weighted by Gasteiger charge is 1.89. The molecule has 0 aromatic carbocycles. The van der Waals surface area contributed by atoms with Crippen molar-refractivity contribution in [2.75, 3.05) is 0 Å². The van der Waals surface area contributed by atoms with Gasteiger partial charge in [0.25, 0.3) is 0 Å². The van der Waals surface area contributed by atoms with Crippen LogP contribution in [0.4, 0.5) is 0 Å². The average Bonchev–Trinajstić information content (AvgIpc) is 1.87. The van der Waals surface area contributed by atoms with Gasteiger partial charge >= 0.3 is 0 Å². The van der Waals surface area contributed by atoms with Gasteiger partial charge < -0.3 is 5.73 Å². The maximum absolute atomic E-state index is 10.2. The van der Waals surface area contributed by atoms with Crippen molar-refractivity contribution >= 4 is 5.91 Å². The zero-order chi connectivity index (χ0) is 7.98. The third kappa shape index (κ3) is 5.09. The summed E-state index contributed by atoms with van der Waals surface area (Å²) in [5.41, 5.74) is 6.01. The van der Waals surface area contributed by atoms with Crippen molar-refractivity contribution in [3.63, 3.8) is 0 Å². The van der Waals surface area contributed by atoms with Crippen LogP contribution in [0.3, 0.4) is 0 Å². The molecule has 0 saturated heterocycles. The van der Waals surface area contributed by atoms with Gasteiger partial charge in [0.2, 0.25) is 5.91 Å². The van der Waals surface area contributed by atoms with Crippen LogP contribution >= 0.6 is 0 Å². The Kier molecular flexibility index (Phi) is 4.29. The van der Waals surface area contributed by atoms with Crippen LogP contribution in [0.5, 0.6) is 0 Å². The molecule has 0 fully saturated rings. The SMILES string of the molecule is C=C/C(C)=C\CCC(N)=O. The summed E-state index contributed by atoms with van der Waals surface area (Å²) in [5, 5.41) is 0. The minimum absolute atomic E-state index is 0.256. The zero-order valence-electron chi connectivity index (χ0n) is 6.26. The average molecular weight is 139 g/mol. The van der Waals surface area contributed by atoms with Crippen LogP contribution in [0.1, 0.15) is 19.8 Å². The van der Waals surface area contributed by atoms with Crippen LogP contribution in [-0.4, -0.2) is 5.91 Å². The molecule has 2 nitrogen and oxygen atoms in total. The number of hydrogen-bond donors (Lipinski definition) is 1. The number of carbonyl (C=O) groups is 1. The van der Waals surface area contributed by atoms with E-state index in [-0.39, 0.29) is 5.91 Å². The Morgan fingerprint density at radius 3 is 2.70 bits per heavy atom. The Labute approximate surface area is 61.4 Å². The summed E-state index contributed by atoms with van der Waals surface area (Å²) in [7, 11) is 0. The Bertz CT molecular complexity index is 159. The summed E-state index contributed by atoms with van der Waals surface area (Å²) in [5.74, 6) is -0.256. The smallest absolute Gasteiger partial charge is 0.217 e. The van der Waals surface area contributed by atoms with E-state index in [9.17, 15) is 4.79 Å². The number of amides is 1. The molecule has 0 rings (SSSR count). The fourth-order valence-electron chi connectivity index (χ4n) is 0.525. The molecule has 0 radical (unpaired) electrons. The quantitative estimate of drug-likeness (QED) is 0.587. The summed E-state index contributed by atoms with van der Waals surface area (Å²) in [6.45, 7) is 5.51. The van der Waals surface area contributed by atoms with Crippen molar-refractivity contribution in [3.8, 4) is 0 Å². The molecule has 10 heavy (non-hydrogen) atoms. The molecule has 0 bridgehead atoms. The first kappa shape index (κ1) is 8.95. The molecule has 2 N–H and O–H groups in total. The predicted octanol–water partition coefficient (Wildman–Crippen LogP) is 1.38. The predicted molar refractivity (Wildman–Crippen MR) is 42.4 cm³/mol. The Morgan fingerprint density at radius 1 is 1.70 bits per heavy atom. The van der Waals surface area contributed by atoms with Crippen LogP contribution in [-0.2, 0) is 4.79 Å². The molecule has 2 heteroatoms. The normalized spacial score (nSPS) is 11.1. The maximum atomic E-state index is 10.2. The van der Waals surface area contributed by atoms with Crippen molar-refractivity contribution in [3.05, 3.63) is 24.3 Å². The fraction of sp³-hybridized carbons (Fsp3) is 0.375. The Hall–Kier alpha value is -1.05. The molecule has 0 atom stereocenters. The summed E-state index contributed by atoms with van der Waals surface area (Å²) in [6.07, 6.45) is 4.83. The number of nitrogens with two attached hydrogens (primary N) is 1. The first-order valence-corrected chi connectivity index (χ1v) is 3.24. The number of hydrogen-bond acceptors (Lipinski definition) is 1. The number of rotatable bonds is 4.